The molecule has 38 heavy (non-hydrogen) atoms. The van der Waals surface area contributed by atoms with Crippen LogP contribution in [0.4, 0.5) is 10.5 Å². The van der Waals surface area contributed by atoms with Gasteiger partial charge in [0.05, 0.1) is 36.1 Å². The summed E-state index contributed by atoms with van der Waals surface area (Å²) in [7, 11) is 0. The number of anilines is 1. The predicted molar refractivity (Wildman–Crippen MR) is 140 cm³/mol. The molecule has 1 unspecified atom stereocenters. The van der Waals surface area contributed by atoms with Crippen molar-refractivity contribution in [3.63, 3.8) is 0 Å². The van der Waals surface area contributed by atoms with Crippen LogP contribution in [0, 0.1) is 0 Å². The minimum Gasteiger partial charge on any atom is -0.456 e. The maximum Gasteiger partial charge on any atom is 0.407 e. The van der Waals surface area contributed by atoms with Gasteiger partial charge in [-0.05, 0) is 38.0 Å². The second-order valence-corrected chi connectivity index (χ2v) is 10.1. The average Bonchev–Trinajstić information content (AvgIpc) is 3.61. The van der Waals surface area contributed by atoms with Gasteiger partial charge in [-0.25, -0.2) is 9.78 Å². The highest BCUT2D eigenvalue weighted by molar-refractivity contribution is 6.33. The van der Waals surface area contributed by atoms with Crippen LogP contribution in [0.25, 0.3) is 22.4 Å². The van der Waals surface area contributed by atoms with Crippen molar-refractivity contribution in [3.05, 3.63) is 35.4 Å². The first-order valence-corrected chi connectivity index (χ1v) is 13.3. The first-order valence-electron chi connectivity index (χ1n) is 12.9. The smallest absolute Gasteiger partial charge is 0.407 e. The highest BCUT2D eigenvalue weighted by Crippen LogP contribution is 2.33. The third kappa shape index (κ3) is 4.98. The number of hydrogen-bond donors (Lipinski definition) is 3. The zero-order valence-corrected chi connectivity index (χ0v) is 21.7. The van der Waals surface area contributed by atoms with Crippen molar-refractivity contribution in [1.82, 2.24) is 20.3 Å². The first-order chi connectivity index (χ1) is 18.5. The van der Waals surface area contributed by atoms with E-state index in [4.69, 9.17) is 35.5 Å². The fourth-order valence-corrected chi connectivity index (χ4v) is 5.55. The van der Waals surface area contributed by atoms with Crippen molar-refractivity contribution < 1.29 is 28.8 Å². The van der Waals surface area contributed by atoms with E-state index in [0.29, 0.717) is 41.1 Å². The number of nitrogens with zero attached hydrogens (tertiary/aromatic N) is 3. The van der Waals surface area contributed by atoms with Crippen LogP contribution >= 0.6 is 11.6 Å². The number of fused-ring (bicyclic) bond motifs is 2. The Morgan fingerprint density at radius 2 is 1.95 bits per heavy atom. The number of imidazole rings is 1. The molecule has 4 atom stereocenters. The van der Waals surface area contributed by atoms with Crippen molar-refractivity contribution in [3.8, 4) is 17.3 Å². The normalized spacial score (nSPS) is 25.5. The van der Waals surface area contributed by atoms with Crippen molar-refractivity contribution in [1.29, 1.82) is 0 Å². The number of carbonyl (C=O) groups is 1. The zero-order chi connectivity index (χ0) is 26.2. The molecule has 11 nitrogen and oxygen atoms in total. The lowest BCUT2D eigenvalue weighted by Crippen LogP contribution is -2.44. The molecule has 1 amide bonds. The van der Waals surface area contributed by atoms with Gasteiger partial charge in [-0.1, -0.05) is 23.7 Å². The Balaban J connectivity index is 1.12. The number of halogens is 1. The van der Waals surface area contributed by atoms with E-state index in [2.05, 4.69) is 32.3 Å². The summed E-state index contributed by atoms with van der Waals surface area (Å²) in [6, 6.07) is 10.3. The van der Waals surface area contributed by atoms with Gasteiger partial charge in [0, 0.05) is 30.4 Å². The molecule has 3 N–H and O–H groups in total. The number of pyridine rings is 1. The minimum atomic E-state index is -0.640. The highest BCUT2D eigenvalue weighted by atomic mass is 35.5. The van der Waals surface area contributed by atoms with E-state index >= 15 is 0 Å². The van der Waals surface area contributed by atoms with E-state index in [0.717, 1.165) is 37.2 Å². The van der Waals surface area contributed by atoms with Gasteiger partial charge in [-0.2, -0.15) is 4.98 Å². The number of carbonyl (C=O) groups excluding carboxylic acids is 1. The standard InChI is InChI=1S/C26H30ClN5O6/c1-2-35-26(34)28-15-7-9-32(10-8-15)16-5-3-14(4-6-16)21-17(27)11-18-24(30-21)31-25(29-18)38-20-13-37-22-19(33)12-36-23(20)22/h3-6,11,15,19-20,22-23,33H,2,7-10,12-13H2,1H3,(H,28,34)(H,29,30,31)/t19?,20-,22-,23-/m1/s1. The van der Waals surface area contributed by atoms with Crippen molar-refractivity contribution in [2.75, 3.05) is 37.8 Å². The third-order valence-electron chi connectivity index (χ3n) is 7.25. The van der Waals surface area contributed by atoms with E-state index in [-0.39, 0.29) is 37.1 Å². The summed E-state index contributed by atoms with van der Waals surface area (Å²) in [6.45, 7) is 4.40. The molecule has 0 aliphatic carbocycles. The molecule has 6 rings (SSSR count). The summed E-state index contributed by atoms with van der Waals surface area (Å²) < 4.78 is 22.2. The van der Waals surface area contributed by atoms with Crippen LogP contribution in [-0.4, -0.2) is 89.5 Å². The lowest BCUT2D eigenvalue weighted by atomic mass is 10.0. The molecule has 3 aliphatic rings. The molecule has 0 saturated carbocycles. The van der Waals surface area contributed by atoms with Gasteiger partial charge >= 0.3 is 6.09 Å². The first kappa shape index (κ1) is 25.2. The molecular weight excluding hydrogens is 514 g/mol. The minimum absolute atomic E-state index is 0.127. The van der Waals surface area contributed by atoms with Gasteiger partial charge in [-0.3, -0.25) is 0 Å². The topological polar surface area (TPSA) is 131 Å². The molecule has 3 aromatic rings. The molecule has 3 fully saturated rings. The number of aliphatic hydroxyl groups is 1. The van der Waals surface area contributed by atoms with E-state index in [9.17, 15) is 9.90 Å². The zero-order valence-electron chi connectivity index (χ0n) is 20.9. The van der Waals surface area contributed by atoms with Crippen LogP contribution in [0.3, 0.4) is 0 Å². The Labute approximate surface area is 224 Å². The summed E-state index contributed by atoms with van der Waals surface area (Å²) in [6.07, 6.45) is -0.353. The molecule has 202 valence electrons. The Hall–Kier alpha value is -3.12. The second kappa shape index (κ2) is 10.6. The Bertz CT molecular complexity index is 1300. The van der Waals surface area contributed by atoms with Crippen LogP contribution in [0.5, 0.6) is 6.01 Å². The van der Waals surface area contributed by atoms with E-state index in [1.165, 1.54) is 0 Å². The lowest BCUT2D eigenvalue weighted by Gasteiger charge is -2.33. The molecule has 0 bridgehead atoms. The SMILES string of the molecule is CCOC(=O)NC1CCN(c2ccc(-c3nc4nc(O[C@@H]5CO[C@@H]6C(O)CO[C@@H]65)[nH]c4cc3Cl)cc2)CC1. The summed E-state index contributed by atoms with van der Waals surface area (Å²) in [5.74, 6) is 0. The molecule has 0 spiro atoms. The number of amides is 1. The monoisotopic (exact) mass is 543 g/mol. The summed E-state index contributed by atoms with van der Waals surface area (Å²) in [5.41, 5.74) is 3.76. The molecule has 12 heteroatoms. The van der Waals surface area contributed by atoms with Crippen molar-refractivity contribution >= 4 is 34.5 Å². The van der Waals surface area contributed by atoms with Crippen LogP contribution in [0.1, 0.15) is 19.8 Å². The number of benzene rings is 1. The fourth-order valence-electron chi connectivity index (χ4n) is 5.29. The quantitative estimate of drug-likeness (QED) is 0.429. The number of rotatable bonds is 6. The number of ether oxygens (including phenoxy) is 4. The number of piperidine rings is 1. The van der Waals surface area contributed by atoms with Gasteiger partial charge in [0.25, 0.3) is 6.01 Å². The van der Waals surface area contributed by atoms with Gasteiger partial charge < -0.3 is 39.3 Å². The summed E-state index contributed by atoms with van der Waals surface area (Å²) >= 11 is 6.60. The highest BCUT2D eigenvalue weighted by Gasteiger charge is 2.48. The molecular formula is C26H30ClN5O6. The molecule has 0 radical (unpaired) electrons. The van der Waals surface area contributed by atoms with Crippen LogP contribution < -0.4 is 15.0 Å². The fraction of sp³-hybridized carbons (Fsp3) is 0.500. The van der Waals surface area contributed by atoms with Gasteiger partial charge in [0.15, 0.2) is 11.8 Å². The number of aromatic amines is 1. The number of H-pyrrole nitrogens is 1. The van der Waals surface area contributed by atoms with E-state index < -0.39 is 6.10 Å². The molecule has 5 heterocycles. The van der Waals surface area contributed by atoms with E-state index in [1.54, 1.807) is 13.0 Å². The Morgan fingerprint density at radius 1 is 1.18 bits per heavy atom. The summed E-state index contributed by atoms with van der Waals surface area (Å²) in [5, 5.41) is 13.4. The number of hydrogen-bond acceptors (Lipinski definition) is 9. The van der Waals surface area contributed by atoms with Crippen molar-refractivity contribution in [2.24, 2.45) is 0 Å². The largest absolute Gasteiger partial charge is 0.456 e. The Kier molecular flexibility index (Phi) is 7.00. The molecule has 3 aliphatic heterocycles. The lowest BCUT2D eigenvalue weighted by molar-refractivity contribution is 0.00706. The number of aromatic nitrogens is 3. The number of alkyl carbamates (subject to hydrolysis) is 1. The average molecular weight is 544 g/mol. The third-order valence-corrected chi connectivity index (χ3v) is 7.54. The Morgan fingerprint density at radius 3 is 2.71 bits per heavy atom. The van der Waals surface area contributed by atoms with Gasteiger partial charge in [-0.15, -0.1) is 0 Å². The number of aliphatic hydroxyl groups excluding tert-OH is 1. The summed E-state index contributed by atoms with van der Waals surface area (Å²) in [4.78, 5) is 26.3. The maximum absolute atomic E-state index is 11.7. The van der Waals surface area contributed by atoms with Crippen LogP contribution in [0.15, 0.2) is 30.3 Å². The second-order valence-electron chi connectivity index (χ2n) is 9.72. The van der Waals surface area contributed by atoms with Crippen LogP contribution in [0.2, 0.25) is 5.02 Å². The maximum atomic E-state index is 11.7. The number of nitrogens with one attached hydrogen (secondary N) is 2. The molecule has 1 aromatic carbocycles. The molecule has 3 saturated heterocycles. The van der Waals surface area contributed by atoms with E-state index in [1.807, 2.05) is 12.1 Å². The van der Waals surface area contributed by atoms with Gasteiger partial charge in [0.1, 0.15) is 18.3 Å². The van der Waals surface area contributed by atoms with Crippen molar-refractivity contribution in [2.45, 2.75) is 50.2 Å². The van der Waals surface area contributed by atoms with Gasteiger partial charge in [0.2, 0.25) is 0 Å². The predicted octanol–water partition coefficient (Wildman–Crippen LogP) is 2.90. The van der Waals surface area contributed by atoms with Crippen LogP contribution in [-0.2, 0) is 14.2 Å². The molecule has 2 aromatic heterocycles.